The van der Waals surface area contributed by atoms with Crippen molar-refractivity contribution in [1.29, 1.82) is 5.26 Å². The molecular weight excluding hydrogens is 666 g/mol. The third-order valence-electron chi connectivity index (χ3n) is 3.14. The topological polar surface area (TPSA) is 124 Å². The van der Waals surface area contributed by atoms with Crippen LogP contribution in [0, 0.1) is 22.2 Å². The fraction of sp³-hybridized carbons (Fsp3) is 0.692. The van der Waals surface area contributed by atoms with E-state index in [2.05, 4.69) is 96.6 Å². The highest BCUT2D eigenvalue weighted by atomic mass is 127. The van der Waals surface area contributed by atoms with Gasteiger partial charge in [0.2, 0.25) is 0 Å². The Labute approximate surface area is 248 Å². The Hall–Kier alpha value is -1.16. The van der Waals surface area contributed by atoms with Crippen LogP contribution in [0.15, 0.2) is 12.1 Å². The number of primary amides is 1. The molecule has 0 radical (unpaired) electrons. The largest absolute Gasteiger partial charge is 0.364 e. The fourth-order valence-electron chi connectivity index (χ4n) is 1.60. The molecule has 0 aliphatic rings. The van der Waals surface area contributed by atoms with Crippen molar-refractivity contribution in [3.8, 4) is 6.07 Å². The maximum Gasteiger partial charge on any atom is 0.269 e. The molecule has 204 valence electrons. The van der Waals surface area contributed by atoms with Crippen LogP contribution in [0.3, 0.4) is 0 Å². The number of aromatic amines is 2. The summed E-state index contributed by atoms with van der Waals surface area (Å²) in [7, 11) is 0. The number of H-pyrrole nitrogens is 2. The molecule has 0 spiro atoms. The van der Waals surface area contributed by atoms with Gasteiger partial charge in [0.1, 0.15) is 11.8 Å². The van der Waals surface area contributed by atoms with Crippen molar-refractivity contribution in [3.05, 3.63) is 34.9 Å². The molecule has 2 aromatic rings. The van der Waals surface area contributed by atoms with Gasteiger partial charge in [0.15, 0.2) is 5.69 Å². The number of nitriles is 1. The number of rotatable bonds is 1. The summed E-state index contributed by atoms with van der Waals surface area (Å²) in [6.45, 7) is 29.8. The minimum Gasteiger partial charge on any atom is -0.364 e. The molecule has 0 saturated heterocycles. The highest BCUT2D eigenvalue weighted by Crippen LogP contribution is 2.20. The van der Waals surface area contributed by atoms with Crippen molar-refractivity contribution in [1.82, 2.24) is 20.4 Å². The molecule has 0 saturated carbocycles. The van der Waals surface area contributed by atoms with Crippen LogP contribution in [-0.2, 0) is 10.8 Å². The first-order valence-electron chi connectivity index (χ1n) is 11.3. The number of nitrogens with zero attached hydrogens (tertiary/aromatic N) is 3. The van der Waals surface area contributed by atoms with Gasteiger partial charge in [-0.15, -0.1) is 48.0 Å². The molecule has 0 atom stereocenters. The van der Waals surface area contributed by atoms with Crippen LogP contribution >= 0.6 is 48.0 Å². The summed E-state index contributed by atoms with van der Waals surface area (Å²) in [5.74, 6) is -0.498. The number of amides is 1. The van der Waals surface area contributed by atoms with E-state index in [0.717, 1.165) is 11.4 Å². The Balaban J connectivity index is -0.000000193. The van der Waals surface area contributed by atoms with E-state index < -0.39 is 5.91 Å². The van der Waals surface area contributed by atoms with Gasteiger partial charge in [0.05, 0.1) is 0 Å². The zero-order valence-corrected chi connectivity index (χ0v) is 29.0. The van der Waals surface area contributed by atoms with Crippen LogP contribution in [-0.4, -0.2) is 26.3 Å². The standard InChI is InChI=1S/C8H13N3O.C8H11N3.2C5H12.2HI/c1-8(2,3)6-4-5(7(9)12)10-11-6;1-8(2,3)7-4-6(5-9)10-11-7;2*1-5(2,3)4;;/h4H,1-3H3,(H2,9,12)(H,10,11);4H,1-3H3,(H,10,11);2*1-4H3;2*1H. The van der Waals surface area contributed by atoms with Gasteiger partial charge in [0, 0.05) is 22.2 Å². The van der Waals surface area contributed by atoms with Crippen LogP contribution in [0.1, 0.15) is 125 Å². The van der Waals surface area contributed by atoms with Gasteiger partial charge in [-0.1, -0.05) is 96.9 Å². The minimum atomic E-state index is -0.498. The molecule has 1 amide bonds. The van der Waals surface area contributed by atoms with Crippen molar-refractivity contribution in [3.63, 3.8) is 0 Å². The molecule has 7 nitrogen and oxygen atoms in total. The Bertz CT molecular complexity index is 859. The Morgan fingerprint density at radius 2 is 1.06 bits per heavy atom. The summed E-state index contributed by atoms with van der Waals surface area (Å²) < 4.78 is 0. The number of nitrogens with one attached hydrogen (secondary N) is 2. The number of carbonyl (C=O) groups excluding carboxylic acids is 1. The SMILES string of the molecule is CC(C)(C)C.CC(C)(C)C.CC(C)(C)c1cc(C#N)n[nH]1.CC(C)(C)c1cc(C(N)=O)n[nH]1.I.I. The maximum absolute atomic E-state index is 10.7. The van der Waals surface area contributed by atoms with Crippen LogP contribution in [0.25, 0.3) is 0 Å². The third kappa shape index (κ3) is 25.7. The normalized spacial score (nSPS) is 10.9. The van der Waals surface area contributed by atoms with E-state index >= 15 is 0 Å². The lowest BCUT2D eigenvalue weighted by Crippen LogP contribution is -2.12. The highest BCUT2D eigenvalue weighted by Gasteiger charge is 2.18. The van der Waals surface area contributed by atoms with Crippen molar-refractivity contribution in [2.75, 3.05) is 0 Å². The van der Waals surface area contributed by atoms with Gasteiger partial charge in [-0.2, -0.15) is 15.5 Å². The van der Waals surface area contributed by atoms with E-state index in [0.29, 0.717) is 22.2 Å². The van der Waals surface area contributed by atoms with Crippen LogP contribution < -0.4 is 5.73 Å². The average molecular weight is 717 g/mol. The Morgan fingerprint density at radius 3 is 1.23 bits per heavy atom. The van der Waals surface area contributed by atoms with Gasteiger partial charge in [-0.25, -0.2) is 0 Å². The molecule has 2 rings (SSSR count). The van der Waals surface area contributed by atoms with Crippen molar-refractivity contribution >= 4 is 53.9 Å². The monoisotopic (exact) mass is 716 g/mol. The second kappa shape index (κ2) is 16.6. The van der Waals surface area contributed by atoms with E-state index in [4.69, 9.17) is 11.0 Å². The number of halogens is 2. The summed E-state index contributed by atoms with van der Waals surface area (Å²) in [6, 6.07) is 5.44. The Morgan fingerprint density at radius 1 is 0.743 bits per heavy atom. The summed E-state index contributed by atoms with van der Waals surface area (Å²) in [4.78, 5) is 10.7. The number of aromatic nitrogens is 4. The van der Waals surface area contributed by atoms with Gasteiger partial charge in [-0.3, -0.25) is 15.0 Å². The third-order valence-corrected chi connectivity index (χ3v) is 3.14. The number of carbonyl (C=O) groups is 1. The molecule has 2 aromatic heterocycles. The number of hydrogen-bond donors (Lipinski definition) is 3. The highest BCUT2D eigenvalue weighted by molar-refractivity contribution is 14.0. The quantitative estimate of drug-likeness (QED) is 0.262. The van der Waals surface area contributed by atoms with Crippen molar-refractivity contribution in [2.24, 2.45) is 16.6 Å². The van der Waals surface area contributed by atoms with E-state index in [1.54, 1.807) is 12.1 Å². The van der Waals surface area contributed by atoms with Gasteiger partial charge >= 0.3 is 0 Å². The lowest BCUT2D eigenvalue weighted by Gasteiger charge is -2.14. The second-order valence-corrected chi connectivity index (χ2v) is 13.3. The molecule has 2 heterocycles. The predicted molar refractivity (Wildman–Crippen MR) is 169 cm³/mol. The molecule has 0 unspecified atom stereocenters. The van der Waals surface area contributed by atoms with Crippen LogP contribution in [0.2, 0.25) is 0 Å². The zero-order chi connectivity index (χ0) is 26.8. The minimum absolute atomic E-state index is 0. The summed E-state index contributed by atoms with van der Waals surface area (Å²) in [5.41, 5.74) is 8.72. The molecular formula is C26H50I2N6O. The van der Waals surface area contributed by atoms with Crippen molar-refractivity contribution in [2.45, 2.75) is 108 Å². The van der Waals surface area contributed by atoms with Crippen LogP contribution in [0.5, 0.6) is 0 Å². The Kier molecular flexibility index (Phi) is 19.4. The predicted octanol–water partition coefficient (Wildman–Crippen LogP) is 7.73. The summed E-state index contributed by atoms with van der Waals surface area (Å²) >= 11 is 0. The van der Waals surface area contributed by atoms with E-state index in [9.17, 15) is 4.79 Å². The lowest BCUT2D eigenvalue weighted by atomic mass is 9.92. The lowest BCUT2D eigenvalue weighted by molar-refractivity contribution is 0.0995. The smallest absolute Gasteiger partial charge is 0.269 e. The first-order chi connectivity index (χ1) is 14.4. The van der Waals surface area contributed by atoms with E-state index in [-0.39, 0.29) is 58.8 Å². The van der Waals surface area contributed by atoms with Gasteiger partial charge in [-0.05, 0) is 23.0 Å². The summed E-state index contributed by atoms with van der Waals surface area (Å²) in [5, 5.41) is 21.7. The molecule has 0 aliphatic carbocycles. The number of nitrogens with two attached hydrogens (primary N) is 1. The molecule has 0 aromatic carbocycles. The fourth-order valence-corrected chi connectivity index (χ4v) is 1.60. The van der Waals surface area contributed by atoms with E-state index in [1.807, 2.05) is 26.8 Å². The second-order valence-electron chi connectivity index (χ2n) is 13.3. The van der Waals surface area contributed by atoms with Crippen molar-refractivity contribution < 1.29 is 4.79 Å². The summed E-state index contributed by atoms with van der Waals surface area (Å²) in [6.07, 6.45) is 0. The molecule has 0 bridgehead atoms. The molecule has 0 fully saturated rings. The van der Waals surface area contributed by atoms with Crippen LogP contribution in [0.4, 0.5) is 0 Å². The molecule has 0 aliphatic heterocycles. The van der Waals surface area contributed by atoms with Gasteiger partial charge in [0.25, 0.3) is 5.91 Å². The first kappa shape index (κ1) is 41.0. The van der Waals surface area contributed by atoms with Gasteiger partial charge < -0.3 is 5.73 Å². The maximum atomic E-state index is 10.7. The molecule has 9 heteroatoms. The zero-order valence-electron chi connectivity index (χ0n) is 24.3. The molecule has 4 N–H and O–H groups in total. The molecule has 35 heavy (non-hydrogen) atoms. The van der Waals surface area contributed by atoms with E-state index in [1.165, 1.54) is 0 Å². The number of hydrogen-bond acceptors (Lipinski definition) is 4. The first-order valence-corrected chi connectivity index (χ1v) is 11.3. The average Bonchev–Trinajstić information content (AvgIpc) is 3.21.